The summed E-state index contributed by atoms with van der Waals surface area (Å²) < 4.78 is 5.43. The van der Waals surface area contributed by atoms with Gasteiger partial charge in [0.2, 0.25) is 6.41 Å². The van der Waals surface area contributed by atoms with Crippen molar-refractivity contribution in [2.45, 2.75) is 31.9 Å². The topological polar surface area (TPSA) is 55.4 Å². The number of carbonyl (C=O) groups is 2. The maximum absolute atomic E-state index is 11.5. The highest BCUT2D eigenvalue weighted by Crippen LogP contribution is 2.22. The van der Waals surface area contributed by atoms with Gasteiger partial charge in [-0.05, 0) is 19.4 Å². The van der Waals surface area contributed by atoms with Gasteiger partial charge in [-0.15, -0.1) is 12.4 Å². The van der Waals surface area contributed by atoms with Crippen LogP contribution < -0.4 is 5.32 Å². The molecule has 0 aliphatic heterocycles. The SMILES string of the molecule is C=CC(=O)OC(C)(Cc1ccccc1)C(C)NC=O.Cl. The molecule has 4 nitrogen and oxygen atoms in total. The van der Waals surface area contributed by atoms with E-state index >= 15 is 0 Å². The number of hydrogen-bond donors (Lipinski definition) is 1. The van der Waals surface area contributed by atoms with Crippen LogP contribution >= 0.6 is 12.4 Å². The van der Waals surface area contributed by atoms with E-state index in [-0.39, 0.29) is 18.4 Å². The van der Waals surface area contributed by atoms with Crippen molar-refractivity contribution in [2.75, 3.05) is 0 Å². The molecule has 1 aromatic rings. The van der Waals surface area contributed by atoms with Crippen LogP contribution in [0.4, 0.5) is 0 Å². The first-order valence-corrected chi connectivity index (χ1v) is 6.11. The summed E-state index contributed by atoms with van der Waals surface area (Å²) in [5.41, 5.74) is 0.203. The van der Waals surface area contributed by atoms with E-state index in [9.17, 15) is 9.59 Å². The molecule has 20 heavy (non-hydrogen) atoms. The molecule has 0 aliphatic carbocycles. The van der Waals surface area contributed by atoms with E-state index < -0.39 is 11.6 Å². The fourth-order valence-corrected chi connectivity index (χ4v) is 1.83. The molecule has 0 bridgehead atoms. The van der Waals surface area contributed by atoms with Crippen LogP contribution in [0.2, 0.25) is 0 Å². The molecule has 5 heteroatoms. The molecular weight excluding hydrogens is 278 g/mol. The monoisotopic (exact) mass is 297 g/mol. The first-order valence-electron chi connectivity index (χ1n) is 6.11. The van der Waals surface area contributed by atoms with Crippen molar-refractivity contribution in [3.8, 4) is 0 Å². The lowest BCUT2D eigenvalue weighted by atomic mass is 9.89. The van der Waals surface area contributed by atoms with Gasteiger partial charge in [0.05, 0.1) is 6.04 Å². The molecule has 0 spiro atoms. The van der Waals surface area contributed by atoms with Crippen LogP contribution in [0.5, 0.6) is 0 Å². The highest BCUT2D eigenvalue weighted by atomic mass is 35.5. The number of amides is 1. The van der Waals surface area contributed by atoms with Gasteiger partial charge in [-0.25, -0.2) is 4.79 Å². The van der Waals surface area contributed by atoms with E-state index in [4.69, 9.17) is 4.74 Å². The second-order valence-corrected chi connectivity index (χ2v) is 4.61. The van der Waals surface area contributed by atoms with Crippen LogP contribution in [0, 0.1) is 0 Å². The Kier molecular flexibility index (Phi) is 7.62. The molecule has 0 aromatic heterocycles. The van der Waals surface area contributed by atoms with Crippen molar-refractivity contribution >= 4 is 24.8 Å². The van der Waals surface area contributed by atoms with Crippen molar-refractivity contribution in [3.63, 3.8) is 0 Å². The van der Waals surface area contributed by atoms with Crippen molar-refractivity contribution < 1.29 is 14.3 Å². The van der Waals surface area contributed by atoms with E-state index in [1.807, 2.05) is 30.3 Å². The Morgan fingerprint density at radius 2 is 2.05 bits per heavy atom. The molecule has 2 unspecified atom stereocenters. The maximum atomic E-state index is 11.5. The number of halogens is 1. The number of hydrogen-bond acceptors (Lipinski definition) is 3. The fraction of sp³-hybridized carbons (Fsp3) is 0.333. The second kappa shape index (κ2) is 8.38. The minimum absolute atomic E-state index is 0. The summed E-state index contributed by atoms with van der Waals surface area (Å²) in [7, 11) is 0. The van der Waals surface area contributed by atoms with Gasteiger partial charge in [0, 0.05) is 12.5 Å². The van der Waals surface area contributed by atoms with E-state index in [1.54, 1.807) is 13.8 Å². The number of nitrogens with one attached hydrogen (secondary N) is 1. The van der Waals surface area contributed by atoms with Crippen LogP contribution in [-0.4, -0.2) is 24.0 Å². The van der Waals surface area contributed by atoms with Crippen molar-refractivity contribution in [2.24, 2.45) is 0 Å². The Morgan fingerprint density at radius 1 is 1.45 bits per heavy atom. The Bertz CT molecular complexity index is 450. The normalized spacial score (nSPS) is 14.1. The third kappa shape index (κ3) is 5.05. The summed E-state index contributed by atoms with van der Waals surface area (Å²) in [6, 6.07) is 9.35. The maximum Gasteiger partial charge on any atom is 0.330 e. The molecule has 110 valence electrons. The number of benzene rings is 1. The molecule has 1 amide bonds. The van der Waals surface area contributed by atoms with Crippen molar-refractivity contribution in [1.29, 1.82) is 0 Å². The average Bonchev–Trinajstić information content (AvgIpc) is 2.39. The lowest BCUT2D eigenvalue weighted by Crippen LogP contribution is -2.50. The number of rotatable bonds is 7. The zero-order valence-corrected chi connectivity index (χ0v) is 12.5. The minimum Gasteiger partial charge on any atom is -0.454 e. The van der Waals surface area contributed by atoms with Gasteiger partial charge >= 0.3 is 5.97 Å². The molecule has 0 heterocycles. The first-order chi connectivity index (χ1) is 9.01. The molecule has 0 saturated heterocycles. The minimum atomic E-state index is -0.826. The standard InChI is InChI=1S/C15H19NO3.ClH/c1-4-14(18)19-15(3,12(2)16-11-17)10-13-8-6-5-7-9-13;/h4-9,11-12H,1,10H2,2-3H3,(H,16,17);1H. The quantitative estimate of drug-likeness (QED) is 0.477. The van der Waals surface area contributed by atoms with Crippen molar-refractivity contribution in [1.82, 2.24) is 5.32 Å². The number of carbonyl (C=O) groups excluding carboxylic acids is 2. The summed E-state index contributed by atoms with van der Waals surface area (Å²) in [5, 5.41) is 2.64. The summed E-state index contributed by atoms with van der Waals surface area (Å²) in [4.78, 5) is 22.1. The average molecular weight is 298 g/mol. The largest absolute Gasteiger partial charge is 0.454 e. The third-order valence-electron chi connectivity index (χ3n) is 3.13. The molecule has 0 saturated carbocycles. The van der Waals surface area contributed by atoms with E-state index in [0.717, 1.165) is 11.6 Å². The van der Waals surface area contributed by atoms with E-state index in [0.29, 0.717) is 12.8 Å². The van der Waals surface area contributed by atoms with Gasteiger partial charge in [0.25, 0.3) is 0 Å². The summed E-state index contributed by atoms with van der Waals surface area (Å²) in [6.45, 7) is 6.99. The van der Waals surface area contributed by atoms with E-state index in [1.165, 1.54) is 0 Å². The molecule has 0 aliphatic rings. The Hall–Kier alpha value is -1.81. The number of ether oxygens (including phenoxy) is 1. The second-order valence-electron chi connectivity index (χ2n) is 4.61. The number of esters is 1. The molecule has 0 radical (unpaired) electrons. The predicted octanol–water partition coefficient (Wildman–Crippen LogP) is 2.27. The lowest BCUT2D eigenvalue weighted by molar-refractivity contribution is -0.155. The van der Waals surface area contributed by atoms with Gasteiger partial charge in [-0.1, -0.05) is 36.9 Å². The zero-order chi connectivity index (χ0) is 14.3. The Balaban J connectivity index is 0.00000361. The van der Waals surface area contributed by atoms with Crippen LogP contribution in [-0.2, 0) is 20.7 Å². The van der Waals surface area contributed by atoms with Gasteiger partial charge in [0.1, 0.15) is 5.60 Å². The van der Waals surface area contributed by atoms with Crippen LogP contribution in [0.3, 0.4) is 0 Å². The van der Waals surface area contributed by atoms with Gasteiger partial charge < -0.3 is 10.1 Å². The fourth-order valence-electron chi connectivity index (χ4n) is 1.83. The predicted molar refractivity (Wildman–Crippen MR) is 80.7 cm³/mol. The molecule has 1 N–H and O–H groups in total. The van der Waals surface area contributed by atoms with Crippen LogP contribution in [0.15, 0.2) is 43.0 Å². The summed E-state index contributed by atoms with van der Waals surface area (Å²) in [6.07, 6.45) is 2.24. The first kappa shape index (κ1) is 18.2. The van der Waals surface area contributed by atoms with Crippen LogP contribution in [0.1, 0.15) is 19.4 Å². The third-order valence-corrected chi connectivity index (χ3v) is 3.13. The summed E-state index contributed by atoms with van der Waals surface area (Å²) >= 11 is 0. The summed E-state index contributed by atoms with van der Waals surface area (Å²) in [5.74, 6) is -0.502. The van der Waals surface area contributed by atoms with Crippen LogP contribution in [0.25, 0.3) is 0 Å². The highest BCUT2D eigenvalue weighted by molar-refractivity contribution is 5.85. The zero-order valence-electron chi connectivity index (χ0n) is 11.7. The molecule has 1 rings (SSSR count). The Labute approximate surface area is 125 Å². The highest BCUT2D eigenvalue weighted by Gasteiger charge is 2.35. The smallest absolute Gasteiger partial charge is 0.330 e. The molecule has 1 aromatic carbocycles. The van der Waals surface area contributed by atoms with Gasteiger partial charge in [-0.2, -0.15) is 0 Å². The lowest BCUT2D eigenvalue weighted by Gasteiger charge is -2.34. The Morgan fingerprint density at radius 3 is 2.55 bits per heavy atom. The molecular formula is C15H20ClNO3. The van der Waals surface area contributed by atoms with Gasteiger partial charge in [0.15, 0.2) is 0 Å². The van der Waals surface area contributed by atoms with E-state index in [2.05, 4.69) is 11.9 Å². The van der Waals surface area contributed by atoms with Gasteiger partial charge in [-0.3, -0.25) is 4.79 Å². The molecule has 0 fully saturated rings. The van der Waals surface area contributed by atoms with Crippen molar-refractivity contribution in [3.05, 3.63) is 48.6 Å². The molecule has 2 atom stereocenters.